The lowest BCUT2D eigenvalue weighted by Gasteiger charge is -2.26. The number of nitrogens with one attached hydrogen (secondary N) is 2. The van der Waals surface area contributed by atoms with Crippen molar-refractivity contribution in [3.05, 3.63) is 71.8 Å². The van der Waals surface area contributed by atoms with Crippen LogP contribution >= 0.6 is 0 Å². The van der Waals surface area contributed by atoms with E-state index in [0.717, 1.165) is 22.3 Å². The number of allylic oxidation sites excluding steroid dienone is 1. The number of hydrogen-bond donors (Lipinski definition) is 3. The number of carbonyl (C=O) groups excluding carboxylic acids is 2. The van der Waals surface area contributed by atoms with Gasteiger partial charge in [0.25, 0.3) is 0 Å². The molecule has 7 nitrogen and oxygen atoms in total. The summed E-state index contributed by atoms with van der Waals surface area (Å²) in [5.41, 5.74) is 4.54. The first-order chi connectivity index (χ1) is 16.8. The van der Waals surface area contributed by atoms with Crippen molar-refractivity contribution >= 4 is 18.0 Å². The molecule has 0 saturated carbocycles. The van der Waals surface area contributed by atoms with Crippen LogP contribution in [-0.2, 0) is 14.3 Å². The third-order valence-electron chi connectivity index (χ3n) is 6.66. The van der Waals surface area contributed by atoms with Crippen LogP contribution in [0.15, 0.2) is 60.7 Å². The summed E-state index contributed by atoms with van der Waals surface area (Å²) in [7, 11) is 0. The molecule has 2 aliphatic carbocycles. The van der Waals surface area contributed by atoms with Gasteiger partial charge >= 0.3 is 12.1 Å². The van der Waals surface area contributed by atoms with Crippen molar-refractivity contribution < 1.29 is 24.2 Å². The zero-order valence-corrected chi connectivity index (χ0v) is 20.1. The molecule has 0 spiro atoms. The number of fused-ring (bicyclic) bond motifs is 3. The number of hydrogen-bond acceptors (Lipinski definition) is 4. The molecule has 3 N–H and O–H groups in total. The molecule has 2 aromatic carbocycles. The zero-order valence-electron chi connectivity index (χ0n) is 20.1. The number of carboxylic acids is 1. The lowest BCUT2D eigenvalue weighted by molar-refractivity contribution is -0.142. The van der Waals surface area contributed by atoms with Crippen molar-refractivity contribution in [1.29, 1.82) is 0 Å². The number of aliphatic carboxylic acids is 1. The number of benzene rings is 2. The number of rotatable bonds is 8. The molecule has 184 valence electrons. The number of ether oxygens (including phenoxy) is 1. The molecule has 2 amide bonds. The standard InChI is InChI=1S/C28H32N2O5/c1-17(2)14-25(26(31)29-19-9-7-8-18(15-19)27(32)33)30-28(34)35-16-24-22-12-5-3-10-20(22)21-11-4-6-13-23(21)24/h3-7,9-13,17-19,24-25H,8,14-16H2,1-2H3,(H,29,31)(H,30,34)(H,32,33)/t18-,19-,25+/m1/s1. The zero-order chi connectivity index (χ0) is 24.9. The monoisotopic (exact) mass is 476 g/mol. The Labute approximate surface area is 205 Å². The summed E-state index contributed by atoms with van der Waals surface area (Å²) in [5.74, 6) is -1.64. The van der Waals surface area contributed by atoms with Gasteiger partial charge in [0.15, 0.2) is 0 Å². The van der Waals surface area contributed by atoms with Crippen LogP contribution in [0.4, 0.5) is 4.79 Å². The maximum absolute atomic E-state index is 13.0. The van der Waals surface area contributed by atoms with Gasteiger partial charge in [0.05, 0.1) is 5.92 Å². The van der Waals surface area contributed by atoms with Gasteiger partial charge in [-0.2, -0.15) is 0 Å². The Bertz CT molecular complexity index is 1080. The van der Waals surface area contributed by atoms with E-state index in [1.807, 2.05) is 44.2 Å². The Morgan fingerprint density at radius 1 is 1.03 bits per heavy atom. The molecular weight excluding hydrogens is 444 g/mol. The largest absolute Gasteiger partial charge is 0.481 e. The van der Waals surface area contributed by atoms with E-state index >= 15 is 0 Å². The van der Waals surface area contributed by atoms with E-state index in [4.69, 9.17) is 4.74 Å². The molecule has 0 saturated heterocycles. The van der Waals surface area contributed by atoms with Gasteiger partial charge in [-0.15, -0.1) is 0 Å². The van der Waals surface area contributed by atoms with Crippen molar-refractivity contribution in [3.8, 4) is 11.1 Å². The van der Waals surface area contributed by atoms with Crippen LogP contribution in [0.2, 0.25) is 0 Å². The predicted molar refractivity (Wildman–Crippen MR) is 133 cm³/mol. The summed E-state index contributed by atoms with van der Waals surface area (Å²) in [6.45, 7) is 4.11. The molecule has 0 radical (unpaired) electrons. The van der Waals surface area contributed by atoms with E-state index in [9.17, 15) is 19.5 Å². The number of amides is 2. The first-order valence-corrected chi connectivity index (χ1v) is 12.1. The lowest BCUT2D eigenvalue weighted by atomic mass is 9.91. The quantitative estimate of drug-likeness (QED) is 0.488. The molecule has 0 aliphatic heterocycles. The SMILES string of the molecule is CC(C)C[C@H](NC(=O)OCC1c2ccccc2-c2ccccc21)C(=O)N[C@@H]1C=CC[C@@H](C(=O)O)C1. The van der Waals surface area contributed by atoms with E-state index in [1.165, 1.54) is 0 Å². The fraction of sp³-hybridized carbons (Fsp3) is 0.393. The first kappa shape index (κ1) is 24.5. The first-order valence-electron chi connectivity index (χ1n) is 12.1. The van der Waals surface area contributed by atoms with Crippen molar-refractivity contribution in [1.82, 2.24) is 10.6 Å². The Morgan fingerprint density at radius 3 is 2.26 bits per heavy atom. The molecule has 0 fully saturated rings. The Kier molecular flexibility index (Phi) is 7.54. The fourth-order valence-electron chi connectivity index (χ4n) is 4.97. The number of carboxylic acid groups (broad SMARTS) is 1. The maximum Gasteiger partial charge on any atom is 0.407 e. The van der Waals surface area contributed by atoms with Gasteiger partial charge in [0, 0.05) is 12.0 Å². The Balaban J connectivity index is 1.38. The Morgan fingerprint density at radius 2 is 1.66 bits per heavy atom. The summed E-state index contributed by atoms with van der Waals surface area (Å²) >= 11 is 0. The van der Waals surface area contributed by atoms with E-state index in [0.29, 0.717) is 19.3 Å². The Hall–Kier alpha value is -3.61. The molecule has 0 heterocycles. The third-order valence-corrected chi connectivity index (χ3v) is 6.66. The van der Waals surface area contributed by atoms with Gasteiger partial charge < -0.3 is 20.5 Å². The highest BCUT2D eigenvalue weighted by atomic mass is 16.5. The predicted octanol–water partition coefficient (Wildman–Crippen LogP) is 4.48. The minimum atomic E-state index is -0.871. The second-order valence-electron chi connectivity index (χ2n) is 9.70. The van der Waals surface area contributed by atoms with Gasteiger partial charge in [-0.05, 0) is 47.4 Å². The fourth-order valence-corrected chi connectivity index (χ4v) is 4.97. The van der Waals surface area contributed by atoms with Crippen LogP contribution < -0.4 is 10.6 Å². The average molecular weight is 477 g/mol. The van der Waals surface area contributed by atoms with E-state index in [-0.39, 0.29) is 30.4 Å². The second-order valence-corrected chi connectivity index (χ2v) is 9.70. The highest BCUT2D eigenvalue weighted by Gasteiger charge is 2.31. The summed E-state index contributed by atoms with van der Waals surface area (Å²) in [6, 6.07) is 15.1. The second kappa shape index (κ2) is 10.8. The van der Waals surface area contributed by atoms with Gasteiger partial charge in [-0.25, -0.2) is 4.79 Å². The molecule has 0 unspecified atom stereocenters. The van der Waals surface area contributed by atoms with Crippen LogP contribution in [0.25, 0.3) is 11.1 Å². The minimum absolute atomic E-state index is 0.0640. The van der Waals surface area contributed by atoms with Crippen molar-refractivity contribution in [2.45, 2.75) is 51.1 Å². The summed E-state index contributed by atoms with van der Waals surface area (Å²) in [5, 5.41) is 14.9. The number of alkyl carbamates (subject to hydrolysis) is 1. The molecule has 0 aromatic heterocycles. The molecule has 0 bridgehead atoms. The van der Waals surface area contributed by atoms with Crippen molar-refractivity contribution in [3.63, 3.8) is 0 Å². The maximum atomic E-state index is 13.0. The molecule has 2 aliphatic rings. The van der Waals surface area contributed by atoms with E-state index in [2.05, 4.69) is 34.9 Å². The average Bonchev–Trinajstić information content (AvgIpc) is 3.16. The summed E-state index contributed by atoms with van der Waals surface area (Å²) in [6.07, 6.45) is 4.18. The molecule has 35 heavy (non-hydrogen) atoms. The minimum Gasteiger partial charge on any atom is -0.481 e. The van der Waals surface area contributed by atoms with Crippen LogP contribution in [0.3, 0.4) is 0 Å². The van der Waals surface area contributed by atoms with Crippen LogP contribution in [0.1, 0.15) is 50.2 Å². The molecule has 7 heteroatoms. The smallest absolute Gasteiger partial charge is 0.407 e. The van der Waals surface area contributed by atoms with E-state index in [1.54, 1.807) is 6.08 Å². The number of carbonyl (C=O) groups is 3. The van der Waals surface area contributed by atoms with Gasteiger partial charge in [0.1, 0.15) is 12.6 Å². The van der Waals surface area contributed by atoms with Gasteiger partial charge in [-0.3, -0.25) is 9.59 Å². The highest BCUT2D eigenvalue weighted by molar-refractivity contribution is 5.86. The van der Waals surface area contributed by atoms with Gasteiger partial charge in [-0.1, -0.05) is 74.5 Å². The van der Waals surface area contributed by atoms with Crippen molar-refractivity contribution in [2.75, 3.05) is 6.61 Å². The summed E-state index contributed by atoms with van der Waals surface area (Å²) in [4.78, 5) is 37.1. The lowest BCUT2D eigenvalue weighted by Crippen LogP contribution is -2.50. The van der Waals surface area contributed by atoms with Crippen molar-refractivity contribution in [2.24, 2.45) is 11.8 Å². The van der Waals surface area contributed by atoms with Crippen LogP contribution in [-0.4, -0.2) is 41.8 Å². The third kappa shape index (κ3) is 5.73. The summed E-state index contributed by atoms with van der Waals surface area (Å²) < 4.78 is 5.62. The normalized spacial score (nSPS) is 19.5. The molecular formula is C28H32N2O5. The molecule has 3 atom stereocenters. The van der Waals surface area contributed by atoms with Gasteiger partial charge in [0.2, 0.25) is 5.91 Å². The topological polar surface area (TPSA) is 105 Å². The molecule has 2 aromatic rings. The van der Waals surface area contributed by atoms with Crippen LogP contribution in [0, 0.1) is 11.8 Å². The van der Waals surface area contributed by atoms with E-state index < -0.39 is 24.0 Å². The highest BCUT2D eigenvalue weighted by Crippen LogP contribution is 2.44. The molecule has 4 rings (SSSR count). The van der Waals surface area contributed by atoms with Crippen LogP contribution in [0.5, 0.6) is 0 Å².